The summed E-state index contributed by atoms with van der Waals surface area (Å²) in [7, 11) is 0. The molecule has 0 atom stereocenters. The number of piperidine rings is 1. The Morgan fingerprint density at radius 2 is 2.20 bits per heavy atom. The van der Waals surface area contributed by atoms with E-state index in [0.29, 0.717) is 12.2 Å². The highest BCUT2D eigenvalue weighted by atomic mass is 16.5. The number of nitrogens with zero attached hydrogens (tertiary/aromatic N) is 2. The van der Waals surface area contributed by atoms with E-state index in [1.54, 1.807) is 19.2 Å². The molecule has 20 heavy (non-hydrogen) atoms. The average molecular weight is 277 g/mol. The zero-order chi connectivity index (χ0) is 14.4. The summed E-state index contributed by atoms with van der Waals surface area (Å²) in [6, 6.07) is 3.68. The van der Waals surface area contributed by atoms with Gasteiger partial charge in [-0.3, -0.25) is 0 Å². The molecule has 2 heterocycles. The van der Waals surface area contributed by atoms with Crippen LogP contribution in [0.3, 0.4) is 0 Å². The van der Waals surface area contributed by atoms with Gasteiger partial charge in [-0.2, -0.15) is 0 Å². The quantitative estimate of drug-likeness (QED) is 0.831. The molecule has 0 radical (unpaired) electrons. The lowest BCUT2D eigenvalue weighted by molar-refractivity contribution is 0.0526. The molecule has 5 heteroatoms. The summed E-state index contributed by atoms with van der Waals surface area (Å²) in [4.78, 5) is 18.2. The van der Waals surface area contributed by atoms with E-state index in [4.69, 9.17) is 10.5 Å². The van der Waals surface area contributed by atoms with Crippen molar-refractivity contribution in [3.63, 3.8) is 0 Å². The number of carbonyl (C=O) groups is 1. The number of pyridine rings is 1. The molecule has 0 saturated carbocycles. The van der Waals surface area contributed by atoms with Crippen LogP contribution in [0.1, 0.15) is 36.5 Å². The second-order valence-corrected chi connectivity index (χ2v) is 5.13. The third-order valence-electron chi connectivity index (χ3n) is 3.77. The third kappa shape index (κ3) is 3.70. The maximum absolute atomic E-state index is 11.6. The number of anilines is 1. The Kier molecular flexibility index (Phi) is 5.35. The largest absolute Gasteiger partial charge is 0.462 e. The zero-order valence-corrected chi connectivity index (χ0v) is 12.0. The van der Waals surface area contributed by atoms with Gasteiger partial charge in [-0.1, -0.05) is 0 Å². The predicted octanol–water partition coefficient (Wildman–Crippen LogP) is 1.82. The van der Waals surface area contributed by atoms with Crippen molar-refractivity contribution in [1.29, 1.82) is 0 Å². The molecule has 2 N–H and O–H groups in total. The molecule has 5 nitrogen and oxygen atoms in total. The third-order valence-corrected chi connectivity index (χ3v) is 3.77. The van der Waals surface area contributed by atoms with Gasteiger partial charge in [0.15, 0.2) is 0 Å². The van der Waals surface area contributed by atoms with Crippen LogP contribution in [0.15, 0.2) is 18.3 Å². The monoisotopic (exact) mass is 277 g/mol. The number of hydrogen-bond donors (Lipinski definition) is 1. The minimum Gasteiger partial charge on any atom is -0.462 e. The van der Waals surface area contributed by atoms with Crippen LogP contribution in [0.5, 0.6) is 0 Å². The highest BCUT2D eigenvalue weighted by Gasteiger charge is 2.19. The lowest BCUT2D eigenvalue weighted by Crippen LogP contribution is -2.34. The average Bonchev–Trinajstić information content (AvgIpc) is 2.49. The van der Waals surface area contributed by atoms with E-state index in [2.05, 4.69) is 9.88 Å². The van der Waals surface area contributed by atoms with Crippen LogP contribution in [0, 0.1) is 5.92 Å². The van der Waals surface area contributed by atoms with Crippen LogP contribution in [-0.4, -0.2) is 37.2 Å². The summed E-state index contributed by atoms with van der Waals surface area (Å²) in [5.41, 5.74) is 6.11. The minimum absolute atomic E-state index is 0.312. The number of carbonyl (C=O) groups excluding carboxylic acids is 1. The Bertz CT molecular complexity index is 425. The van der Waals surface area contributed by atoms with Gasteiger partial charge in [0.05, 0.1) is 12.2 Å². The molecule has 0 aromatic carbocycles. The summed E-state index contributed by atoms with van der Waals surface area (Å²) in [6.07, 6.45) is 5.04. The van der Waals surface area contributed by atoms with Gasteiger partial charge in [0.1, 0.15) is 5.82 Å². The molecule has 1 aliphatic rings. The second-order valence-electron chi connectivity index (χ2n) is 5.13. The first-order chi connectivity index (χ1) is 9.74. The van der Waals surface area contributed by atoms with Crippen molar-refractivity contribution in [1.82, 2.24) is 4.98 Å². The summed E-state index contributed by atoms with van der Waals surface area (Å²) in [6.45, 7) is 4.98. The Morgan fingerprint density at radius 1 is 1.45 bits per heavy atom. The van der Waals surface area contributed by atoms with Crippen molar-refractivity contribution in [2.45, 2.75) is 26.2 Å². The summed E-state index contributed by atoms with van der Waals surface area (Å²) in [5, 5.41) is 0. The topological polar surface area (TPSA) is 68.5 Å². The van der Waals surface area contributed by atoms with Gasteiger partial charge < -0.3 is 15.4 Å². The number of esters is 1. The van der Waals surface area contributed by atoms with Crippen LogP contribution in [0.25, 0.3) is 0 Å². The lowest BCUT2D eigenvalue weighted by atomic mass is 9.94. The fourth-order valence-electron chi connectivity index (χ4n) is 2.59. The number of nitrogens with two attached hydrogens (primary N) is 1. The zero-order valence-electron chi connectivity index (χ0n) is 12.0. The summed E-state index contributed by atoms with van der Waals surface area (Å²) < 4.78 is 4.95. The fourth-order valence-corrected chi connectivity index (χ4v) is 2.59. The number of ether oxygens (including phenoxy) is 1. The number of hydrogen-bond acceptors (Lipinski definition) is 5. The Morgan fingerprint density at radius 3 is 2.75 bits per heavy atom. The van der Waals surface area contributed by atoms with Gasteiger partial charge >= 0.3 is 5.97 Å². The van der Waals surface area contributed by atoms with Gasteiger partial charge in [0, 0.05) is 19.3 Å². The molecule has 1 aliphatic heterocycles. The molecule has 2 rings (SSSR count). The predicted molar refractivity (Wildman–Crippen MR) is 78.8 cm³/mol. The maximum Gasteiger partial charge on any atom is 0.339 e. The Labute approximate surface area is 120 Å². The van der Waals surface area contributed by atoms with E-state index in [1.807, 2.05) is 6.07 Å². The number of aromatic nitrogens is 1. The van der Waals surface area contributed by atoms with Crippen LogP contribution < -0.4 is 10.6 Å². The van der Waals surface area contributed by atoms with Gasteiger partial charge in [-0.05, 0) is 50.8 Å². The highest BCUT2D eigenvalue weighted by molar-refractivity contribution is 5.89. The number of rotatable bonds is 5. The molecule has 1 fully saturated rings. The molecule has 0 amide bonds. The van der Waals surface area contributed by atoms with Crippen LogP contribution in [0.4, 0.5) is 5.82 Å². The first-order valence-corrected chi connectivity index (χ1v) is 7.32. The Balaban J connectivity index is 1.92. The van der Waals surface area contributed by atoms with Gasteiger partial charge in [-0.25, -0.2) is 9.78 Å². The molecule has 1 saturated heterocycles. The first-order valence-electron chi connectivity index (χ1n) is 7.32. The van der Waals surface area contributed by atoms with Gasteiger partial charge in [0.2, 0.25) is 0 Å². The highest BCUT2D eigenvalue weighted by Crippen LogP contribution is 2.23. The van der Waals surface area contributed by atoms with Crippen molar-refractivity contribution >= 4 is 11.8 Å². The first kappa shape index (κ1) is 14.8. The van der Waals surface area contributed by atoms with E-state index in [9.17, 15) is 4.79 Å². The molecule has 0 bridgehead atoms. The lowest BCUT2D eigenvalue weighted by Gasteiger charge is -2.32. The van der Waals surface area contributed by atoms with Crippen molar-refractivity contribution in [2.24, 2.45) is 11.7 Å². The maximum atomic E-state index is 11.6. The van der Waals surface area contributed by atoms with E-state index in [0.717, 1.165) is 37.8 Å². The minimum atomic E-state index is -0.312. The van der Waals surface area contributed by atoms with Gasteiger partial charge in [-0.15, -0.1) is 0 Å². The molecule has 1 aromatic heterocycles. The van der Waals surface area contributed by atoms with Crippen molar-refractivity contribution in [3.8, 4) is 0 Å². The summed E-state index contributed by atoms with van der Waals surface area (Å²) in [5.74, 6) is 1.37. The van der Waals surface area contributed by atoms with E-state index < -0.39 is 0 Å². The molecule has 1 aromatic rings. The van der Waals surface area contributed by atoms with E-state index in [-0.39, 0.29) is 5.97 Å². The van der Waals surface area contributed by atoms with E-state index >= 15 is 0 Å². The molecule has 0 spiro atoms. The van der Waals surface area contributed by atoms with Crippen molar-refractivity contribution < 1.29 is 9.53 Å². The van der Waals surface area contributed by atoms with Crippen molar-refractivity contribution in [3.05, 3.63) is 23.9 Å². The van der Waals surface area contributed by atoms with Crippen LogP contribution in [0.2, 0.25) is 0 Å². The molecule has 0 unspecified atom stereocenters. The molecule has 0 aliphatic carbocycles. The second kappa shape index (κ2) is 7.24. The normalized spacial score (nSPS) is 16.2. The molecular weight excluding hydrogens is 254 g/mol. The fraction of sp³-hybridized carbons (Fsp3) is 0.600. The summed E-state index contributed by atoms with van der Waals surface area (Å²) >= 11 is 0. The molecule has 110 valence electrons. The standard InChI is InChI=1S/C15H23N3O2/c1-2-20-15(19)13-3-4-14(17-11-13)18-9-6-12(5-8-16)7-10-18/h3-4,11-12H,2,5-10,16H2,1H3. The van der Waals surface area contributed by atoms with E-state index in [1.165, 1.54) is 12.8 Å². The Hall–Kier alpha value is -1.62. The SMILES string of the molecule is CCOC(=O)c1ccc(N2CCC(CCN)CC2)nc1. The van der Waals surface area contributed by atoms with Crippen LogP contribution >= 0.6 is 0 Å². The van der Waals surface area contributed by atoms with Crippen molar-refractivity contribution in [2.75, 3.05) is 31.1 Å². The van der Waals surface area contributed by atoms with Crippen LogP contribution in [-0.2, 0) is 4.74 Å². The smallest absolute Gasteiger partial charge is 0.339 e. The van der Waals surface area contributed by atoms with Gasteiger partial charge in [0.25, 0.3) is 0 Å². The molecular formula is C15H23N3O2.